The SMILES string of the molecule is CCCC(CCC)Nc1cccc(SC)c1. The first-order valence-corrected chi connectivity index (χ1v) is 7.43. The summed E-state index contributed by atoms with van der Waals surface area (Å²) in [7, 11) is 0. The molecular weight excluding hydrogens is 214 g/mol. The molecule has 1 aromatic carbocycles. The average molecular weight is 237 g/mol. The van der Waals surface area contributed by atoms with Gasteiger partial charge in [0.15, 0.2) is 0 Å². The Morgan fingerprint density at radius 1 is 1.19 bits per heavy atom. The van der Waals surface area contributed by atoms with E-state index in [0.717, 1.165) is 0 Å². The van der Waals surface area contributed by atoms with Crippen LogP contribution in [0, 0.1) is 0 Å². The molecule has 0 amide bonds. The van der Waals surface area contributed by atoms with Gasteiger partial charge in [-0.15, -0.1) is 11.8 Å². The standard InChI is InChI=1S/C14H23NS/c1-4-7-12(8-5-2)15-13-9-6-10-14(11-13)16-3/h6,9-12,15H,4-5,7-8H2,1-3H3. The predicted molar refractivity (Wildman–Crippen MR) is 75.4 cm³/mol. The molecule has 16 heavy (non-hydrogen) atoms. The molecule has 0 unspecified atom stereocenters. The fourth-order valence-corrected chi connectivity index (χ4v) is 2.39. The van der Waals surface area contributed by atoms with Crippen molar-refractivity contribution in [3.05, 3.63) is 24.3 Å². The van der Waals surface area contributed by atoms with E-state index in [1.165, 1.54) is 36.3 Å². The van der Waals surface area contributed by atoms with E-state index >= 15 is 0 Å². The fourth-order valence-electron chi connectivity index (χ4n) is 1.93. The van der Waals surface area contributed by atoms with E-state index < -0.39 is 0 Å². The summed E-state index contributed by atoms with van der Waals surface area (Å²) in [5.41, 5.74) is 1.26. The van der Waals surface area contributed by atoms with Crippen LogP contribution in [-0.2, 0) is 0 Å². The largest absolute Gasteiger partial charge is 0.382 e. The van der Waals surface area contributed by atoms with Crippen molar-refractivity contribution < 1.29 is 0 Å². The van der Waals surface area contributed by atoms with Gasteiger partial charge >= 0.3 is 0 Å². The molecule has 1 nitrogen and oxygen atoms in total. The Bertz CT molecular complexity index is 293. The molecule has 0 bridgehead atoms. The molecule has 1 N–H and O–H groups in total. The monoisotopic (exact) mass is 237 g/mol. The highest BCUT2D eigenvalue weighted by Crippen LogP contribution is 2.21. The summed E-state index contributed by atoms with van der Waals surface area (Å²) in [5, 5.41) is 3.64. The molecule has 1 rings (SSSR count). The van der Waals surface area contributed by atoms with E-state index in [0.29, 0.717) is 6.04 Å². The molecule has 0 aliphatic rings. The van der Waals surface area contributed by atoms with Crippen molar-refractivity contribution in [3.63, 3.8) is 0 Å². The Hall–Kier alpha value is -0.630. The number of nitrogens with one attached hydrogen (secondary N) is 1. The molecule has 0 aliphatic carbocycles. The molecule has 0 heterocycles. The highest BCUT2D eigenvalue weighted by molar-refractivity contribution is 7.98. The van der Waals surface area contributed by atoms with Crippen LogP contribution in [0.2, 0.25) is 0 Å². The Labute approximate surface area is 104 Å². The molecule has 0 atom stereocenters. The van der Waals surface area contributed by atoms with Gasteiger partial charge in [0.05, 0.1) is 0 Å². The van der Waals surface area contributed by atoms with Gasteiger partial charge in [0.25, 0.3) is 0 Å². The molecule has 0 spiro atoms. The van der Waals surface area contributed by atoms with E-state index in [2.05, 4.69) is 49.7 Å². The van der Waals surface area contributed by atoms with Crippen LogP contribution in [0.5, 0.6) is 0 Å². The van der Waals surface area contributed by atoms with Crippen LogP contribution in [0.3, 0.4) is 0 Å². The topological polar surface area (TPSA) is 12.0 Å². The van der Waals surface area contributed by atoms with Crippen molar-refractivity contribution in [3.8, 4) is 0 Å². The summed E-state index contributed by atoms with van der Waals surface area (Å²) in [4.78, 5) is 1.33. The predicted octanol–water partition coefficient (Wildman–Crippen LogP) is 4.79. The Morgan fingerprint density at radius 3 is 2.44 bits per heavy atom. The Kier molecular flexibility index (Phi) is 6.39. The van der Waals surface area contributed by atoms with Gasteiger partial charge < -0.3 is 5.32 Å². The molecule has 2 heteroatoms. The van der Waals surface area contributed by atoms with Gasteiger partial charge in [-0.1, -0.05) is 32.8 Å². The number of thioether (sulfide) groups is 1. The molecule has 0 saturated carbocycles. The van der Waals surface area contributed by atoms with E-state index in [1.807, 2.05) is 0 Å². The third-order valence-electron chi connectivity index (χ3n) is 2.71. The second kappa shape index (κ2) is 7.61. The maximum Gasteiger partial charge on any atom is 0.0353 e. The van der Waals surface area contributed by atoms with Crippen LogP contribution in [0.1, 0.15) is 39.5 Å². The first-order valence-electron chi connectivity index (χ1n) is 6.20. The van der Waals surface area contributed by atoms with Crippen LogP contribution in [0.25, 0.3) is 0 Å². The van der Waals surface area contributed by atoms with Gasteiger partial charge in [0.2, 0.25) is 0 Å². The summed E-state index contributed by atoms with van der Waals surface area (Å²) >= 11 is 1.80. The second-order valence-electron chi connectivity index (χ2n) is 4.15. The minimum Gasteiger partial charge on any atom is -0.382 e. The van der Waals surface area contributed by atoms with Crippen molar-refractivity contribution >= 4 is 17.4 Å². The third kappa shape index (κ3) is 4.48. The highest BCUT2D eigenvalue weighted by Gasteiger charge is 2.06. The number of benzene rings is 1. The molecule has 0 saturated heterocycles. The zero-order valence-electron chi connectivity index (χ0n) is 10.6. The van der Waals surface area contributed by atoms with Crippen LogP contribution in [0.4, 0.5) is 5.69 Å². The normalized spacial score (nSPS) is 10.8. The number of anilines is 1. The second-order valence-corrected chi connectivity index (χ2v) is 5.03. The van der Waals surface area contributed by atoms with Gasteiger partial charge in [0, 0.05) is 16.6 Å². The number of hydrogen-bond donors (Lipinski definition) is 1. The van der Waals surface area contributed by atoms with Crippen LogP contribution in [-0.4, -0.2) is 12.3 Å². The molecular formula is C14H23NS. The summed E-state index contributed by atoms with van der Waals surface area (Å²) in [5.74, 6) is 0. The molecule has 0 fully saturated rings. The molecule has 0 aliphatic heterocycles. The molecule has 0 aromatic heterocycles. The van der Waals surface area contributed by atoms with E-state index in [4.69, 9.17) is 0 Å². The lowest BCUT2D eigenvalue weighted by atomic mass is 10.1. The quantitative estimate of drug-likeness (QED) is 0.684. The van der Waals surface area contributed by atoms with Gasteiger partial charge in [0.1, 0.15) is 0 Å². The summed E-state index contributed by atoms with van der Waals surface area (Å²) in [6.45, 7) is 4.51. The van der Waals surface area contributed by atoms with Crippen molar-refractivity contribution in [2.24, 2.45) is 0 Å². The molecule has 90 valence electrons. The molecule has 1 aromatic rings. The van der Waals surface area contributed by atoms with E-state index in [9.17, 15) is 0 Å². The van der Waals surface area contributed by atoms with Gasteiger partial charge in [-0.2, -0.15) is 0 Å². The minimum absolute atomic E-state index is 0.632. The average Bonchev–Trinajstić information content (AvgIpc) is 2.30. The van der Waals surface area contributed by atoms with Crippen molar-refractivity contribution in [2.75, 3.05) is 11.6 Å². The van der Waals surface area contributed by atoms with Gasteiger partial charge in [-0.05, 0) is 37.3 Å². The fraction of sp³-hybridized carbons (Fsp3) is 0.571. The first kappa shape index (κ1) is 13.4. The summed E-state index contributed by atoms with van der Waals surface area (Å²) in [6.07, 6.45) is 7.14. The van der Waals surface area contributed by atoms with Crippen molar-refractivity contribution in [1.82, 2.24) is 0 Å². The number of hydrogen-bond acceptors (Lipinski definition) is 2. The minimum atomic E-state index is 0.632. The highest BCUT2D eigenvalue weighted by atomic mass is 32.2. The zero-order valence-corrected chi connectivity index (χ0v) is 11.4. The smallest absolute Gasteiger partial charge is 0.0353 e. The first-order chi connectivity index (χ1) is 7.80. The lowest BCUT2D eigenvalue weighted by molar-refractivity contribution is 0.586. The van der Waals surface area contributed by atoms with Crippen LogP contribution < -0.4 is 5.32 Å². The lowest BCUT2D eigenvalue weighted by Gasteiger charge is -2.19. The Morgan fingerprint density at radius 2 is 1.88 bits per heavy atom. The van der Waals surface area contributed by atoms with Crippen molar-refractivity contribution in [2.45, 2.75) is 50.5 Å². The maximum absolute atomic E-state index is 3.64. The number of rotatable bonds is 7. The maximum atomic E-state index is 3.64. The molecule has 0 radical (unpaired) electrons. The third-order valence-corrected chi connectivity index (χ3v) is 3.44. The Balaban J connectivity index is 2.60. The summed E-state index contributed by atoms with van der Waals surface area (Å²) in [6, 6.07) is 9.32. The van der Waals surface area contributed by atoms with Gasteiger partial charge in [-0.3, -0.25) is 0 Å². The van der Waals surface area contributed by atoms with E-state index in [1.54, 1.807) is 11.8 Å². The lowest BCUT2D eigenvalue weighted by Crippen LogP contribution is -2.18. The van der Waals surface area contributed by atoms with Crippen LogP contribution in [0.15, 0.2) is 29.2 Å². The van der Waals surface area contributed by atoms with Crippen molar-refractivity contribution in [1.29, 1.82) is 0 Å². The summed E-state index contributed by atoms with van der Waals surface area (Å²) < 4.78 is 0. The zero-order chi connectivity index (χ0) is 11.8. The van der Waals surface area contributed by atoms with Crippen LogP contribution >= 0.6 is 11.8 Å². The van der Waals surface area contributed by atoms with E-state index in [-0.39, 0.29) is 0 Å². The van der Waals surface area contributed by atoms with Gasteiger partial charge in [-0.25, -0.2) is 0 Å².